The summed E-state index contributed by atoms with van der Waals surface area (Å²) in [6.45, 7) is 1.99. The summed E-state index contributed by atoms with van der Waals surface area (Å²) in [5.41, 5.74) is 1.70. The van der Waals surface area contributed by atoms with E-state index in [1.54, 1.807) is 36.7 Å². The second kappa shape index (κ2) is 6.09. The van der Waals surface area contributed by atoms with E-state index in [4.69, 9.17) is 4.42 Å². The fourth-order valence-electron chi connectivity index (χ4n) is 1.88. The molecule has 1 amide bonds. The Morgan fingerprint density at radius 1 is 1.14 bits per heavy atom. The number of hydrogen-bond donors (Lipinski definition) is 2. The van der Waals surface area contributed by atoms with E-state index in [-0.39, 0.29) is 11.7 Å². The summed E-state index contributed by atoms with van der Waals surface area (Å²) in [7, 11) is 0. The number of aromatic nitrogens is 2. The van der Waals surface area contributed by atoms with Gasteiger partial charge in [0, 0.05) is 6.20 Å². The second-order valence-electron chi connectivity index (χ2n) is 4.71. The van der Waals surface area contributed by atoms with Crippen LogP contribution in [0.2, 0.25) is 0 Å². The van der Waals surface area contributed by atoms with Crippen LogP contribution in [0.5, 0.6) is 0 Å². The SMILES string of the molecule is Cc1ccnc(Nc2ccc(NC(=O)c3ccco3)cn2)c1. The van der Waals surface area contributed by atoms with E-state index in [0.717, 1.165) is 11.4 Å². The first kappa shape index (κ1) is 13.8. The second-order valence-corrected chi connectivity index (χ2v) is 4.71. The van der Waals surface area contributed by atoms with Crippen LogP contribution in [-0.2, 0) is 0 Å². The van der Waals surface area contributed by atoms with Crippen molar-refractivity contribution >= 4 is 23.2 Å². The average molecular weight is 294 g/mol. The van der Waals surface area contributed by atoms with Gasteiger partial charge < -0.3 is 15.1 Å². The van der Waals surface area contributed by atoms with E-state index in [2.05, 4.69) is 20.6 Å². The van der Waals surface area contributed by atoms with Crippen LogP contribution in [0.4, 0.5) is 17.3 Å². The Morgan fingerprint density at radius 2 is 2.05 bits per heavy atom. The summed E-state index contributed by atoms with van der Waals surface area (Å²) in [5, 5.41) is 5.81. The number of amides is 1. The number of anilines is 3. The van der Waals surface area contributed by atoms with Crippen LogP contribution < -0.4 is 10.6 Å². The Bertz CT molecular complexity index is 767. The summed E-state index contributed by atoms with van der Waals surface area (Å²) >= 11 is 0. The maximum absolute atomic E-state index is 11.8. The van der Waals surface area contributed by atoms with Gasteiger partial charge in [0.15, 0.2) is 5.76 Å². The van der Waals surface area contributed by atoms with Crippen molar-refractivity contribution in [3.8, 4) is 0 Å². The van der Waals surface area contributed by atoms with E-state index >= 15 is 0 Å². The van der Waals surface area contributed by atoms with Gasteiger partial charge in [-0.1, -0.05) is 0 Å². The first-order valence-electron chi connectivity index (χ1n) is 6.71. The van der Waals surface area contributed by atoms with Crippen molar-refractivity contribution in [1.82, 2.24) is 9.97 Å². The molecule has 3 rings (SSSR count). The molecule has 0 aliphatic heterocycles. The molecule has 2 N–H and O–H groups in total. The van der Waals surface area contributed by atoms with Gasteiger partial charge in [-0.3, -0.25) is 4.79 Å². The first-order valence-corrected chi connectivity index (χ1v) is 6.71. The zero-order valence-electron chi connectivity index (χ0n) is 11.9. The quantitative estimate of drug-likeness (QED) is 0.771. The number of aryl methyl sites for hydroxylation is 1. The number of pyridine rings is 2. The molecule has 0 spiro atoms. The molecule has 0 atom stereocenters. The van der Waals surface area contributed by atoms with E-state index in [9.17, 15) is 4.79 Å². The molecule has 0 bridgehead atoms. The van der Waals surface area contributed by atoms with Gasteiger partial charge in [0.1, 0.15) is 11.6 Å². The van der Waals surface area contributed by atoms with Gasteiger partial charge in [-0.2, -0.15) is 0 Å². The Kier molecular flexibility index (Phi) is 3.82. The van der Waals surface area contributed by atoms with Crippen LogP contribution in [0.15, 0.2) is 59.5 Å². The van der Waals surface area contributed by atoms with Gasteiger partial charge in [-0.05, 0) is 48.9 Å². The highest BCUT2D eigenvalue weighted by molar-refractivity contribution is 6.02. The van der Waals surface area contributed by atoms with E-state index in [1.807, 2.05) is 19.1 Å². The van der Waals surface area contributed by atoms with Crippen LogP contribution >= 0.6 is 0 Å². The smallest absolute Gasteiger partial charge is 0.291 e. The highest BCUT2D eigenvalue weighted by Crippen LogP contribution is 2.15. The van der Waals surface area contributed by atoms with Crippen molar-refractivity contribution < 1.29 is 9.21 Å². The average Bonchev–Trinajstić information content (AvgIpc) is 3.04. The molecule has 0 aliphatic rings. The molecule has 3 aromatic heterocycles. The maximum Gasteiger partial charge on any atom is 0.291 e. The van der Waals surface area contributed by atoms with Gasteiger partial charge in [-0.25, -0.2) is 9.97 Å². The fourth-order valence-corrected chi connectivity index (χ4v) is 1.88. The van der Waals surface area contributed by atoms with Crippen LogP contribution in [-0.4, -0.2) is 15.9 Å². The third-order valence-electron chi connectivity index (χ3n) is 2.94. The lowest BCUT2D eigenvalue weighted by atomic mass is 10.3. The lowest BCUT2D eigenvalue weighted by Crippen LogP contribution is -2.11. The van der Waals surface area contributed by atoms with E-state index < -0.39 is 0 Å². The van der Waals surface area contributed by atoms with Gasteiger partial charge in [0.2, 0.25) is 0 Å². The molecule has 0 saturated carbocycles. The van der Waals surface area contributed by atoms with Crippen LogP contribution in [0.3, 0.4) is 0 Å². The zero-order chi connectivity index (χ0) is 15.4. The molecule has 6 nitrogen and oxygen atoms in total. The lowest BCUT2D eigenvalue weighted by molar-refractivity contribution is 0.0996. The number of carbonyl (C=O) groups excluding carboxylic acids is 1. The minimum absolute atomic E-state index is 0.256. The van der Waals surface area contributed by atoms with Crippen LogP contribution in [0.25, 0.3) is 0 Å². The van der Waals surface area contributed by atoms with Crippen molar-refractivity contribution in [2.24, 2.45) is 0 Å². The highest BCUT2D eigenvalue weighted by Gasteiger charge is 2.08. The van der Waals surface area contributed by atoms with Crippen molar-refractivity contribution in [2.75, 3.05) is 10.6 Å². The number of furan rings is 1. The standard InChI is InChI=1S/C16H14N4O2/c1-11-6-7-17-15(9-11)20-14-5-4-12(10-18-14)19-16(21)13-3-2-8-22-13/h2-10H,1H3,(H,19,21)(H,17,18,20). The number of carbonyl (C=O) groups is 1. The number of rotatable bonds is 4. The summed E-state index contributed by atoms with van der Waals surface area (Å²) in [5.74, 6) is 1.31. The predicted octanol–water partition coefficient (Wildman–Crippen LogP) is 3.37. The van der Waals surface area contributed by atoms with Crippen molar-refractivity contribution in [3.63, 3.8) is 0 Å². The van der Waals surface area contributed by atoms with E-state index in [1.165, 1.54) is 6.26 Å². The fraction of sp³-hybridized carbons (Fsp3) is 0.0625. The first-order chi connectivity index (χ1) is 10.7. The third-order valence-corrected chi connectivity index (χ3v) is 2.94. The predicted molar refractivity (Wildman–Crippen MR) is 83.2 cm³/mol. The normalized spacial score (nSPS) is 10.2. The van der Waals surface area contributed by atoms with Crippen molar-refractivity contribution in [3.05, 3.63) is 66.4 Å². The van der Waals surface area contributed by atoms with Crippen LogP contribution in [0.1, 0.15) is 16.1 Å². The molecule has 0 fully saturated rings. The number of nitrogens with zero attached hydrogens (tertiary/aromatic N) is 2. The van der Waals surface area contributed by atoms with Crippen LogP contribution in [0, 0.1) is 6.92 Å². The Balaban J connectivity index is 1.66. The molecule has 0 aliphatic carbocycles. The van der Waals surface area contributed by atoms with Crippen molar-refractivity contribution in [2.45, 2.75) is 6.92 Å². The topological polar surface area (TPSA) is 80.0 Å². The molecule has 6 heteroatoms. The maximum atomic E-state index is 11.8. The van der Waals surface area contributed by atoms with Gasteiger partial charge in [-0.15, -0.1) is 0 Å². The van der Waals surface area contributed by atoms with Gasteiger partial charge >= 0.3 is 0 Å². The van der Waals surface area contributed by atoms with Gasteiger partial charge in [0.05, 0.1) is 18.1 Å². The summed E-state index contributed by atoms with van der Waals surface area (Å²) in [6.07, 6.45) is 4.75. The monoisotopic (exact) mass is 294 g/mol. The highest BCUT2D eigenvalue weighted by atomic mass is 16.3. The van der Waals surface area contributed by atoms with Gasteiger partial charge in [0.25, 0.3) is 5.91 Å². The molecule has 0 radical (unpaired) electrons. The largest absolute Gasteiger partial charge is 0.459 e. The lowest BCUT2D eigenvalue weighted by Gasteiger charge is -2.07. The Morgan fingerprint density at radius 3 is 2.73 bits per heavy atom. The molecule has 0 unspecified atom stereocenters. The molecule has 110 valence electrons. The molecular formula is C16H14N4O2. The van der Waals surface area contributed by atoms with E-state index in [0.29, 0.717) is 11.5 Å². The molecule has 22 heavy (non-hydrogen) atoms. The molecule has 3 heterocycles. The molecular weight excluding hydrogens is 280 g/mol. The Hall–Kier alpha value is -3.15. The van der Waals surface area contributed by atoms with Crippen molar-refractivity contribution in [1.29, 1.82) is 0 Å². The molecule has 0 aromatic carbocycles. The minimum atomic E-state index is -0.312. The summed E-state index contributed by atoms with van der Waals surface area (Å²) < 4.78 is 5.03. The number of hydrogen-bond acceptors (Lipinski definition) is 5. The third kappa shape index (κ3) is 3.29. The number of nitrogens with one attached hydrogen (secondary N) is 2. The summed E-state index contributed by atoms with van der Waals surface area (Å²) in [4.78, 5) is 20.3. The molecule has 3 aromatic rings. The zero-order valence-corrected chi connectivity index (χ0v) is 11.9. The minimum Gasteiger partial charge on any atom is -0.459 e. The summed E-state index contributed by atoms with van der Waals surface area (Å²) in [6, 6.07) is 10.6. The Labute approximate surface area is 127 Å². The molecule has 0 saturated heterocycles.